The molecule has 2 aliphatic heterocycles. The zero-order chi connectivity index (χ0) is 16.5. The van der Waals surface area contributed by atoms with Gasteiger partial charge in [0.2, 0.25) is 5.91 Å². The van der Waals surface area contributed by atoms with Crippen LogP contribution in [0.2, 0.25) is 0 Å². The van der Waals surface area contributed by atoms with E-state index >= 15 is 0 Å². The number of H-pyrrole nitrogens is 1. The minimum Gasteiger partial charge on any atom is -0.347 e. The van der Waals surface area contributed by atoms with Crippen molar-refractivity contribution in [2.45, 2.75) is 25.3 Å². The second kappa shape index (κ2) is 6.40. The molecule has 1 fully saturated rings. The standard InChI is InChI=1S/C19H24N4O/c1-22-9-7-15(8-10-22)19(24)23-11-16(14-5-3-2-4-6-14)18-17(12-23)20-13-21-18/h2-6,13,15-16H,7-12H2,1H3,(H,20,21). The van der Waals surface area contributed by atoms with Crippen molar-refractivity contribution in [1.82, 2.24) is 19.8 Å². The van der Waals surface area contributed by atoms with Gasteiger partial charge in [0.15, 0.2) is 0 Å². The van der Waals surface area contributed by atoms with Gasteiger partial charge in [0.05, 0.1) is 24.3 Å². The van der Waals surface area contributed by atoms with E-state index in [4.69, 9.17) is 0 Å². The summed E-state index contributed by atoms with van der Waals surface area (Å²) >= 11 is 0. The van der Waals surface area contributed by atoms with E-state index in [0.29, 0.717) is 12.5 Å². The fourth-order valence-corrected chi connectivity index (χ4v) is 3.95. The Hall–Kier alpha value is -2.14. The largest absolute Gasteiger partial charge is 0.347 e. The average Bonchev–Trinajstić information content (AvgIpc) is 3.10. The molecule has 2 aliphatic rings. The van der Waals surface area contributed by atoms with Gasteiger partial charge in [-0.05, 0) is 38.5 Å². The van der Waals surface area contributed by atoms with E-state index in [1.807, 2.05) is 11.0 Å². The molecule has 24 heavy (non-hydrogen) atoms. The molecule has 1 amide bonds. The van der Waals surface area contributed by atoms with Crippen LogP contribution in [0, 0.1) is 5.92 Å². The number of hydrogen-bond acceptors (Lipinski definition) is 3. The summed E-state index contributed by atoms with van der Waals surface area (Å²) in [7, 11) is 2.13. The van der Waals surface area contributed by atoms with Crippen molar-refractivity contribution in [2.75, 3.05) is 26.7 Å². The van der Waals surface area contributed by atoms with Crippen LogP contribution in [0.15, 0.2) is 36.7 Å². The van der Waals surface area contributed by atoms with E-state index in [9.17, 15) is 4.79 Å². The summed E-state index contributed by atoms with van der Waals surface area (Å²) in [6.07, 6.45) is 3.69. The Morgan fingerprint density at radius 2 is 1.96 bits per heavy atom. The number of amides is 1. The number of hydrogen-bond donors (Lipinski definition) is 1. The van der Waals surface area contributed by atoms with Gasteiger partial charge in [0.1, 0.15) is 0 Å². The lowest BCUT2D eigenvalue weighted by atomic mass is 9.89. The van der Waals surface area contributed by atoms with E-state index in [2.05, 4.69) is 46.2 Å². The Morgan fingerprint density at radius 3 is 2.71 bits per heavy atom. The van der Waals surface area contributed by atoms with Crippen LogP contribution in [0.1, 0.15) is 35.7 Å². The molecule has 3 heterocycles. The summed E-state index contributed by atoms with van der Waals surface area (Å²) in [6.45, 7) is 3.42. The molecule has 1 saturated heterocycles. The molecule has 0 spiro atoms. The predicted molar refractivity (Wildman–Crippen MR) is 92.5 cm³/mol. The van der Waals surface area contributed by atoms with E-state index in [-0.39, 0.29) is 11.8 Å². The first-order valence-electron chi connectivity index (χ1n) is 8.77. The third kappa shape index (κ3) is 2.84. The van der Waals surface area contributed by atoms with Gasteiger partial charge in [-0.2, -0.15) is 0 Å². The number of rotatable bonds is 2. The molecule has 2 aromatic rings. The summed E-state index contributed by atoms with van der Waals surface area (Å²) < 4.78 is 0. The molecule has 1 aromatic carbocycles. The Bertz CT molecular complexity index is 703. The van der Waals surface area contributed by atoms with E-state index in [0.717, 1.165) is 43.9 Å². The second-order valence-electron chi connectivity index (χ2n) is 7.03. The number of fused-ring (bicyclic) bond motifs is 1. The van der Waals surface area contributed by atoms with Crippen molar-refractivity contribution in [2.24, 2.45) is 5.92 Å². The summed E-state index contributed by atoms with van der Waals surface area (Å²) in [5.41, 5.74) is 3.40. The van der Waals surface area contributed by atoms with E-state index in [1.54, 1.807) is 6.33 Å². The number of carbonyl (C=O) groups excluding carboxylic acids is 1. The zero-order valence-corrected chi connectivity index (χ0v) is 14.1. The van der Waals surface area contributed by atoms with Crippen LogP contribution in [0.4, 0.5) is 0 Å². The maximum atomic E-state index is 13.0. The van der Waals surface area contributed by atoms with Gasteiger partial charge in [0, 0.05) is 18.4 Å². The molecule has 1 aromatic heterocycles. The lowest BCUT2D eigenvalue weighted by molar-refractivity contribution is -0.138. The number of aromatic amines is 1. The van der Waals surface area contributed by atoms with Crippen molar-refractivity contribution < 1.29 is 4.79 Å². The molecule has 1 unspecified atom stereocenters. The number of benzene rings is 1. The Balaban J connectivity index is 1.57. The van der Waals surface area contributed by atoms with Gasteiger partial charge >= 0.3 is 0 Å². The third-order valence-electron chi connectivity index (χ3n) is 5.42. The first-order chi connectivity index (χ1) is 11.7. The minimum atomic E-state index is 0.163. The molecule has 1 atom stereocenters. The summed E-state index contributed by atoms with van der Waals surface area (Å²) in [5, 5.41) is 0. The van der Waals surface area contributed by atoms with Crippen LogP contribution in [-0.4, -0.2) is 52.4 Å². The predicted octanol–water partition coefficient (Wildman–Crippen LogP) is 2.23. The first-order valence-corrected chi connectivity index (χ1v) is 8.77. The Labute approximate surface area is 142 Å². The highest BCUT2D eigenvalue weighted by molar-refractivity contribution is 5.79. The quantitative estimate of drug-likeness (QED) is 0.921. The van der Waals surface area contributed by atoms with Crippen molar-refractivity contribution in [3.63, 3.8) is 0 Å². The molecule has 0 saturated carbocycles. The molecule has 0 radical (unpaired) electrons. The molecule has 0 aliphatic carbocycles. The molecule has 5 nitrogen and oxygen atoms in total. The fraction of sp³-hybridized carbons (Fsp3) is 0.474. The highest BCUT2D eigenvalue weighted by Crippen LogP contribution is 2.33. The number of aromatic nitrogens is 2. The SMILES string of the molecule is CN1CCC(C(=O)N2Cc3[nH]cnc3C(c3ccccc3)C2)CC1. The van der Waals surface area contributed by atoms with Crippen LogP contribution >= 0.6 is 0 Å². The fourth-order valence-electron chi connectivity index (χ4n) is 3.95. The maximum absolute atomic E-state index is 13.0. The van der Waals surface area contributed by atoms with Crippen molar-refractivity contribution in [1.29, 1.82) is 0 Å². The topological polar surface area (TPSA) is 52.2 Å². The van der Waals surface area contributed by atoms with Gasteiger partial charge in [-0.25, -0.2) is 4.98 Å². The monoisotopic (exact) mass is 324 g/mol. The first kappa shape index (κ1) is 15.4. The molecule has 126 valence electrons. The highest BCUT2D eigenvalue weighted by Gasteiger charge is 2.34. The van der Waals surface area contributed by atoms with E-state index < -0.39 is 0 Å². The van der Waals surface area contributed by atoms with Crippen LogP contribution < -0.4 is 0 Å². The minimum absolute atomic E-state index is 0.163. The molecular formula is C19H24N4O. The summed E-state index contributed by atoms with van der Waals surface area (Å²) in [5.74, 6) is 0.641. The number of likely N-dealkylation sites (tertiary alicyclic amines) is 1. The summed E-state index contributed by atoms with van der Waals surface area (Å²) in [4.78, 5) is 25.2. The maximum Gasteiger partial charge on any atom is 0.226 e. The molecular weight excluding hydrogens is 300 g/mol. The van der Waals surface area contributed by atoms with Gasteiger partial charge in [-0.15, -0.1) is 0 Å². The number of nitrogens with one attached hydrogen (secondary N) is 1. The molecule has 0 bridgehead atoms. The third-order valence-corrected chi connectivity index (χ3v) is 5.42. The Morgan fingerprint density at radius 1 is 1.21 bits per heavy atom. The van der Waals surface area contributed by atoms with Crippen molar-refractivity contribution >= 4 is 5.91 Å². The highest BCUT2D eigenvalue weighted by atomic mass is 16.2. The van der Waals surface area contributed by atoms with Crippen molar-refractivity contribution in [3.05, 3.63) is 53.6 Å². The van der Waals surface area contributed by atoms with Crippen LogP contribution in [0.25, 0.3) is 0 Å². The second-order valence-corrected chi connectivity index (χ2v) is 7.03. The molecule has 1 N–H and O–H groups in total. The van der Waals surface area contributed by atoms with Gasteiger partial charge in [0.25, 0.3) is 0 Å². The number of nitrogens with zero attached hydrogens (tertiary/aromatic N) is 3. The number of carbonyl (C=O) groups is 1. The Kier molecular flexibility index (Phi) is 4.10. The van der Waals surface area contributed by atoms with Gasteiger partial charge in [-0.1, -0.05) is 30.3 Å². The van der Waals surface area contributed by atoms with Crippen LogP contribution in [-0.2, 0) is 11.3 Å². The van der Waals surface area contributed by atoms with E-state index in [1.165, 1.54) is 5.56 Å². The normalized spacial score (nSPS) is 22.4. The number of piperidine rings is 1. The number of imidazole rings is 1. The van der Waals surface area contributed by atoms with Gasteiger partial charge < -0.3 is 14.8 Å². The lowest BCUT2D eigenvalue weighted by Gasteiger charge is -2.36. The molecule has 5 heteroatoms. The lowest BCUT2D eigenvalue weighted by Crippen LogP contribution is -2.44. The zero-order valence-electron chi connectivity index (χ0n) is 14.1. The average molecular weight is 324 g/mol. The van der Waals surface area contributed by atoms with Crippen LogP contribution in [0.3, 0.4) is 0 Å². The molecule has 4 rings (SSSR count). The van der Waals surface area contributed by atoms with Crippen LogP contribution in [0.5, 0.6) is 0 Å². The summed E-state index contributed by atoms with van der Waals surface area (Å²) in [6, 6.07) is 10.4. The van der Waals surface area contributed by atoms with Crippen molar-refractivity contribution in [3.8, 4) is 0 Å². The van der Waals surface area contributed by atoms with Gasteiger partial charge in [-0.3, -0.25) is 4.79 Å². The smallest absolute Gasteiger partial charge is 0.226 e.